The van der Waals surface area contributed by atoms with Crippen molar-refractivity contribution in [2.24, 2.45) is 5.73 Å². The molecular formula is C15H17N3O. The zero-order valence-electron chi connectivity index (χ0n) is 10.6. The number of nitrogens with one attached hydrogen (secondary N) is 1. The van der Waals surface area contributed by atoms with Crippen molar-refractivity contribution in [3.63, 3.8) is 0 Å². The maximum absolute atomic E-state index is 11.9. The molecule has 1 amide bonds. The van der Waals surface area contributed by atoms with Gasteiger partial charge in [0.05, 0.1) is 18.3 Å². The van der Waals surface area contributed by atoms with Crippen molar-refractivity contribution >= 4 is 5.91 Å². The molecule has 1 heterocycles. The van der Waals surface area contributed by atoms with Crippen molar-refractivity contribution in [2.75, 3.05) is 0 Å². The lowest BCUT2D eigenvalue weighted by Crippen LogP contribution is -2.41. The van der Waals surface area contributed by atoms with Gasteiger partial charge in [0.25, 0.3) is 0 Å². The molecule has 0 bridgehead atoms. The number of hydrogen-bond donors (Lipinski definition) is 2. The first-order valence-electron chi connectivity index (χ1n) is 6.23. The van der Waals surface area contributed by atoms with Crippen LogP contribution in [0.2, 0.25) is 0 Å². The van der Waals surface area contributed by atoms with Crippen LogP contribution in [0.25, 0.3) is 0 Å². The van der Waals surface area contributed by atoms with E-state index in [9.17, 15) is 4.79 Å². The molecule has 0 aliphatic rings. The number of pyridine rings is 1. The predicted octanol–water partition coefficient (Wildman–Crippen LogP) is 1.27. The molecule has 0 fully saturated rings. The topological polar surface area (TPSA) is 68.0 Å². The number of benzene rings is 1. The summed E-state index contributed by atoms with van der Waals surface area (Å²) >= 11 is 0. The van der Waals surface area contributed by atoms with Gasteiger partial charge in [-0.1, -0.05) is 36.4 Å². The van der Waals surface area contributed by atoms with Gasteiger partial charge in [-0.25, -0.2) is 0 Å². The molecule has 3 N–H and O–H groups in total. The van der Waals surface area contributed by atoms with E-state index in [-0.39, 0.29) is 5.91 Å². The number of amides is 1. The van der Waals surface area contributed by atoms with Crippen molar-refractivity contribution in [1.29, 1.82) is 0 Å². The van der Waals surface area contributed by atoms with Gasteiger partial charge >= 0.3 is 0 Å². The molecule has 0 aliphatic carbocycles. The maximum atomic E-state index is 11.9. The second-order valence-corrected chi connectivity index (χ2v) is 4.34. The molecule has 2 aromatic rings. The fourth-order valence-corrected chi connectivity index (χ4v) is 1.77. The van der Waals surface area contributed by atoms with Crippen LogP contribution in [0, 0.1) is 0 Å². The number of aromatic nitrogens is 1. The summed E-state index contributed by atoms with van der Waals surface area (Å²) in [6, 6.07) is 14.8. The molecule has 0 spiro atoms. The van der Waals surface area contributed by atoms with E-state index < -0.39 is 6.04 Å². The summed E-state index contributed by atoms with van der Waals surface area (Å²) in [6.07, 6.45) is 2.24. The van der Waals surface area contributed by atoms with E-state index in [1.807, 2.05) is 48.5 Å². The van der Waals surface area contributed by atoms with Crippen LogP contribution in [-0.4, -0.2) is 16.9 Å². The largest absolute Gasteiger partial charge is 0.349 e. The number of nitrogens with two attached hydrogens (primary N) is 1. The molecule has 2 rings (SSSR count). The minimum absolute atomic E-state index is 0.158. The fraction of sp³-hybridized carbons (Fsp3) is 0.200. The van der Waals surface area contributed by atoms with Crippen LogP contribution in [0.3, 0.4) is 0 Å². The average Bonchev–Trinajstić information content (AvgIpc) is 2.47. The highest BCUT2D eigenvalue weighted by Crippen LogP contribution is 2.02. The Morgan fingerprint density at radius 1 is 1.16 bits per heavy atom. The highest BCUT2D eigenvalue weighted by molar-refractivity contribution is 5.81. The lowest BCUT2D eigenvalue weighted by atomic mass is 10.1. The average molecular weight is 255 g/mol. The van der Waals surface area contributed by atoms with Gasteiger partial charge in [-0.2, -0.15) is 0 Å². The number of carbonyl (C=O) groups is 1. The second-order valence-electron chi connectivity index (χ2n) is 4.34. The quantitative estimate of drug-likeness (QED) is 0.845. The molecule has 0 aliphatic heterocycles. The third-order valence-electron chi connectivity index (χ3n) is 2.81. The van der Waals surface area contributed by atoms with Crippen molar-refractivity contribution in [3.8, 4) is 0 Å². The molecule has 4 nitrogen and oxygen atoms in total. The Morgan fingerprint density at radius 2 is 1.89 bits per heavy atom. The van der Waals surface area contributed by atoms with Crippen molar-refractivity contribution in [3.05, 3.63) is 66.0 Å². The Bertz CT molecular complexity index is 513. The molecule has 0 saturated carbocycles. The van der Waals surface area contributed by atoms with Crippen LogP contribution < -0.4 is 11.1 Å². The first-order chi connectivity index (χ1) is 9.25. The Kier molecular flexibility index (Phi) is 4.64. The normalized spacial score (nSPS) is 11.8. The van der Waals surface area contributed by atoms with E-state index >= 15 is 0 Å². The van der Waals surface area contributed by atoms with Crippen LogP contribution in [0.1, 0.15) is 11.3 Å². The van der Waals surface area contributed by atoms with Crippen LogP contribution in [0.5, 0.6) is 0 Å². The van der Waals surface area contributed by atoms with E-state index in [4.69, 9.17) is 5.73 Å². The number of carbonyl (C=O) groups excluding carboxylic acids is 1. The maximum Gasteiger partial charge on any atom is 0.237 e. The highest BCUT2D eigenvalue weighted by Gasteiger charge is 2.13. The summed E-state index contributed by atoms with van der Waals surface area (Å²) in [5.74, 6) is -0.158. The van der Waals surface area contributed by atoms with Gasteiger partial charge in [0.15, 0.2) is 0 Å². The van der Waals surface area contributed by atoms with Crippen LogP contribution >= 0.6 is 0 Å². The summed E-state index contributed by atoms with van der Waals surface area (Å²) < 4.78 is 0. The zero-order valence-corrected chi connectivity index (χ0v) is 10.6. The highest BCUT2D eigenvalue weighted by atomic mass is 16.2. The fourth-order valence-electron chi connectivity index (χ4n) is 1.77. The number of hydrogen-bond acceptors (Lipinski definition) is 3. The van der Waals surface area contributed by atoms with Gasteiger partial charge < -0.3 is 11.1 Å². The first-order valence-corrected chi connectivity index (χ1v) is 6.23. The van der Waals surface area contributed by atoms with Gasteiger partial charge in [0.2, 0.25) is 5.91 Å². The monoisotopic (exact) mass is 255 g/mol. The second kappa shape index (κ2) is 6.66. The Labute approximate surface area is 112 Å². The molecular weight excluding hydrogens is 238 g/mol. The predicted molar refractivity (Wildman–Crippen MR) is 74.2 cm³/mol. The van der Waals surface area contributed by atoms with Gasteiger partial charge in [0, 0.05) is 6.20 Å². The first kappa shape index (κ1) is 13.2. The van der Waals surface area contributed by atoms with E-state index in [1.165, 1.54) is 0 Å². The van der Waals surface area contributed by atoms with Crippen molar-refractivity contribution in [1.82, 2.24) is 10.3 Å². The number of nitrogens with zero attached hydrogens (tertiary/aromatic N) is 1. The lowest BCUT2D eigenvalue weighted by molar-refractivity contribution is -0.122. The minimum Gasteiger partial charge on any atom is -0.349 e. The molecule has 4 heteroatoms. The van der Waals surface area contributed by atoms with Crippen LogP contribution in [-0.2, 0) is 17.8 Å². The molecule has 19 heavy (non-hydrogen) atoms. The van der Waals surface area contributed by atoms with Crippen molar-refractivity contribution in [2.45, 2.75) is 19.0 Å². The number of rotatable bonds is 5. The van der Waals surface area contributed by atoms with E-state index in [2.05, 4.69) is 10.3 Å². The third-order valence-corrected chi connectivity index (χ3v) is 2.81. The van der Waals surface area contributed by atoms with E-state index in [0.717, 1.165) is 11.3 Å². The Balaban J connectivity index is 1.83. The van der Waals surface area contributed by atoms with Gasteiger partial charge in [-0.3, -0.25) is 9.78 Å². The summed E-state index contributed by atoms with van der Waals surface area (Å²) in [7, 11) is 0. The molecule has 0 saturated heterocycles. The summed E-state index contributed by atoms with van der Waals surface area (Å²) in [5.41, 5.74) is 7.76. The molecule has 1 aromatic heterocycles. The lowest BCUT2D eigenvalue weighted by Gasteiger charge is -2.12. The van der Waals surface area contributed by atoms with Gasteiger partial charge in [-0.15, -0.1) is 0 Å². The summed E-state index contributed by atoms with van der Waals surface area (Å²) in [6.45, 7) is 0.405. The van der Waals surface area contributed by atoms with E-state index in [0.29, 0.717) is 13.0 Å². The third kappa shape index (κ3) is 4.19. The van der Waals surface area contributed by atoms with Crippen LogP contribution in [0.4, 0.5) is 0 Å². The minimum atomic E-state index is -0.536. The Hall–Kier alpha value is -2.20. The van der Waals surface area contributed by atoms with Crippen molar-refractivity contribution < 1.29 is 4.79 Å². The smallest absolute Gasteiger partial charge is 0.237 e. The van der Waals surface area contributed by atoms with Crippen LogP contribution in [0.15, 0.2) is 54.7 Å². The van der Waals surface area contributed by atoms with Gasteiger partial charge in [-0.05, 0) is 24.1 Å². The molecule has 1 atom stereocenters. The zero-order chi connectivity index (χ0) is 13.5. The molecule has 98 valence electrons. The molecule has 1 aromatic carbocycles. The molecule has 0 radical (unpaired) electrons. The summed E-state index contributed by atoms with van der Waals surface area (Å²) in [4.78, 5) is 16.0. The summed E-state index contributed by atoms with van der Waals surface area (Å²) in [5, 5.41) is 2.79. The van der Waals surface area contributed by atoms with E-state index in [1.54, 1.807) is 6.20 Å². The van der Waals surface area contributed by atoms with Gasteiger partial charge in [0.1, 0.15) is 0 Å². The standard InChI is InChI=1S/C15H17N3O/c16-14(10-12-6-2-1-3-7-12)15(19)18-11-13-8-4-5-9-17-13/h1-9,14H,10-11,16H2,(H,18,19)/t14-/m1/s1. The Morgan fingerprint density at radius 3 is 2.58 bits per heavy atom. The SMILES string of the molecule is N[C@H](Cc1ccccc1)C(=O)NCc1ccccn1. The molecule has 0 unspecified atom stereocenters.